The van der Waals surface area contributed by atoms with E-state index in [4.69, 9.17) is 4.42 Å². The van der Waals surface area contributed by atoms with Crippen molar-refractivity contribution < 1.29 is 13.2 Å². The first-order chi connectivity index (χ1) is 10.1. The number of aryl methyl sites for hydroxylation is 1. The van der Waals surface area contributed by atoms with Gasteiger partial charge in [0.15, 0.2) is 11.6 Å². The van der Waals surface area contributed by atoms with Crippen molar-refractivity contribution in [3.63, 3.8) is 0 Å². The molecule has 1 aromatic heterocycles. The van der Waals surface area contributed by atoms with E-state index in [9.17, 15) is 8.78 Å². The third-order valence-corrected chi connectivity index (χ3v) is 3.60. The fourth-order valence-electron chi connectivity index (χ4n) is 2.52. The lowest BCUT2D eigenvalue weighted by atomic mass is 10.1. The molecule has 0 saturated heterocycles. The number of hydrogen-bond donors (Lipinski definition) is 1. The molecule has 1 N–H and O–H groups in total. The van der Waals surface area contributed by atoms with Gasteiger partial charge in [-0.3, -0.25) is 0 Å². The van der Waals surface area contributed by atoms with Gasteiger partial charge in [-0.15, -0.1) is 0 Å². The Morgan fingerprint density at radius 1 is 1.05 bits per heavy atom. The summed E-state index contributed by atoms with van der Waals surface area (Å²) in [6.45, 7) is 3.82. The van der Waals surface area contributed by atoms with Crippen molar-refractivity contribution in [2.24, 2.45) is 0 Å². The third kappa shape index (κ3) is 2.37. The molecule has 0 amide bonds. The maximum absolute atomic E-state index is 13.7. The molecule has 3 aromatic rings. The van der Waals surface area contributed by atoms with Crippen LogP contribution in [-0.4, -0.2) is 0 Å². The number of furan rings is 1. The predicted octanol–water partition coefficient (Wildman–Crippen LogP) is 5.19. The van der Waals surface area contributed by atoms with Gasteiger partial charge in [-0.1, -0.05) is 24.3 Å². The summed E-state index contributed by atoms with van der Waals surface area (Å²) in [6.07, 6.45) is 0. The molecular formula is C17H15F2NO. The summed E-state index contributed by atoms with van der Waals surface area (Å²) in [4.78, 5) is 0. The second-order valence-corrected chi connectivity index (χ2v) is 5.05. The van der Waals surface area contributed by atoms with Crippen LogP contribution in [0.2, 0.25) is 0 Å². The standard InChI is InChI=1S/C17H15F2NO/c1-10-12-6-3-4-9-15(12)21-17(10)11(2)20-14-8-5-7-13(18)16(14)19/h3-9,11,20H,1-2H3. The maximum Gasteiger partial charge on any atom is 0.181 e. The van der Waals surface area contributed by atoms with Crippen molar-refractivity contribution in [1.29, 1.82) is 0 Å². The quantitative estimate of drug-likeness (QED) is 0.717. The second-order valence-electron chi connectivity index (χ2n) is 5.05. The molecule has 0 saturated carbocycles. The molecule has 0 radical (unpaired) electrons. The molecule has 0 bridgehead atoms. The lowest BCUT2D eigenvalue weighted by molar-refractivity contribution is 0.502. The number of hydrogen-bond acceptors (Lipinski definition) is 2. The zero-order valence-electron chi connectivity index (χ0n) is 11.8. The van der Waals surface area contributed by atoms with Crippen LogP contribution in [0.1, 0.15) is 24.3 Å². The van der Waals surface area contributed by atoms with Gasteiger partial charge >= 0.3 is 0 Å². The number of rotatable bonds is 3. The molecule has 1 heterocycles. The van der Waals surface area contributed by atoms with Crippen LogP contribution in [0.25, 0.3) is 11.0 Å². The molecular weight excluding hydrogens is 272 g/mol. The highest BCUT2D eigenvalue weighted by molar-refractivity contribution is 5.82. The van der Waals surface area contributed by atoms with Crippen molar-refractivity contribution >= 4 is 16.7 Å². The first kappa shape index (κ1) is 13.6. The molecule has 2 aromatic carbocycles. The number of halogens is 2. The van der Waals surface area contributed by atoms with Crippen molar-refractivity contribution in [3.05, 3.63) is 65.4 Å². The van der Waals surface area contributed by atoms with Crippen LogP contribution in [0.3, 0.4) is 0 Å². The number of fused-ring (bicyclic) bond motifs is 1. The Hall–Kier alpha value is -2.36. The summed E-state index contributed by atoms with van der Waals surface area (Å²) in [7, 11) is 0. The van der Waals surface area contributed by atoms with Gasteiger partial charge in [0.05, 0.1) is 11.7 Å². The minimum Gasteiger partial charge on any atom is -0.459 e. The number of nitrogens with one attached hydrogen (secondary N) is 1. The van der Waals surface area contributed by atoms with Crippen LogP contribution in [0.4, 0.5) is 14.5 Å². The second kappa shape index (κ2) is 5.20. The molecule has 0 aliphatic heterocycles. The van der Waals surface area contributed by atoms with Gasteiger partial charge in [-0.05, 0) is 32.0 Å². The van der Waals surface area contributed by atoms with Gasteiger partial charge in [-0.2, -0.15) is 0 Å². The highest BCUT2D eigenvalue weighted by Gasteiger charge is 2.18. The van der Waals surface area contributed by atoms with Gasteiger partial charge in [-0.25, -0.2) is 8.78 Å². The minimum atomic E-state index is -0.877. The molecule has 0 spiro atoms. The van der Waals surface area contributed by atoms with Gasteiger partial charge in [0.2, 0.25) is 0 Å². The van der Waals surface area contributed by atoms with E-state index >= 15 is 0 Å². The Balaban J connectivity index is 1.95. The lowest BCUT2D eigenvalue weighted by Gasteiger charge is -2.14. The molecule has 0 aliphatic carbocycles. The van der Waals surface area contributed by atoms with Crippen LogP contribution < -0.4 is 5.32 Å². The molecule has 1 atom stereocenters. The van der Waals surface area contributed by atoms with Gasteiger partial charge < -0.3 is 9.73 Å². The Morgan fingerprint density at radius 2 is 1.81 bits per heavy atom. The Labute approximate surface area is 121 Å². The Kier molecular flexibility index (Phi) is 3.37. The van der Waals surface area contributed by atoms with E-state index in [0.717, 1.165) is 28.4 Å². The van der Waals surface area contributed by atoms with Crippen LogP contribution in [0.5, 0.6) is 0 Å². The highest BCUT2D eigenvalue weighted by atomic mass is 19.2. The van der Waals surface area contributed by atoms with E-state index in [1.165, 1.54) is 12.1 Å². The van der Waals surface area contributed by atoms with Gasteiger partial charge in [0, 0.05) is 10.9 Å². The molecule has 21 heavy (non-hydrogen) atoms. The summed E-state index contributed by atoms with van der Waals surface area (Å²) in [6, 6.07) is 11.5. The zero-order valence-corrected chi connectivity index (χ0v) is 11.8. The molecule has 1 unspecified atom stereocenters. The number of para-hydroxylation sites is 1. The van der Waals surface area contributed by atoms with E-state index in [2.05, 4.69) is 5.32 Å². The first-order valence-electron chi connectivity index (χ1n) is 6.76. The van der Waals surface area contributed by atoms with E-state index in [1.807, 2.05) is 38.1 Å². The SMILES string of the molecule is Cc1c(C(C)Nc2cccc(F)c2F)oc2ccccc12. The summed E-state index contributed by atoms with van der Waals surface area (Å²) in [5.41, 5.74) is 1.92. The zero-order chi connectivity index (χ0) is 15.0. The van der Waals surface area contributed by atoms with Crippen molar-refractivity contribution in [3.8, 4) is 0 Å². The molecule has 0 fully saturated rings. The average molecular weight is 287 g/mol. The third-order valence-electron chi connectivity index (χ3n) is 3.60. The highest BCUT2D eigenvalue weighted by Crippen LogP contribution is 2.31. The number of benzene rings is 2. The summed E-state index contributed by atoms with van der Waals surface area (Å²) >= 11 is 0. The van der Waals surface area contributed by atoms with E-state index in [0.29, 0.717) is 0 Å². The predicted molar refractivity (Wildman–Crippen MR) is 79.3 cm³/mol. The first-order valence-corrected chi connectivity index (χ1v) is 6.76. The summed E-state index contributed by atoms with van der Waals surface area (Å²) < 4.78 is 32.8. The summed E-state index contributed by atoms with van der Waals surface area (Å²) in [5, 5.41) is 3.99. The minimum absolute atomic E-state index is 0.127. The maximum atomic E-state index is 13.7. The number of anilines is 1. The molecule has 2 nitrogen and oxygen atoms in total. The molecule has 108 valence electrons. The van der Waals surface area contributed by atoms with Gasteiger partial charge in [0.25, 0.3) is 0 Å². The van der Waals surface area contributed by atoms with Crippen molar-refractivity contribution in [2.45, 2.75) is 19.9 Å². The largest absolute Gasteiger partial charge is 0.459 e. The normalized spacial score (nSPS) is 12.6. The smallest absolute Gasteiger partial charge is 0.181 e. The summed E-state index contributed by atoms with van der Waals surface area (Å²) in [5.74, 6) is -1.02. The lowest BCUT2D eigenvalue weighted by Crippen LogP contribution is -2.08. The van der Waals surface area contributed by atoms with Crippen LogP contribution in [-0.2, 0) is 0 Å². The topological polar surface area (TPSA) is 25.2 Å². The Morgan fingerprint density at radius 3 is 2.57 bits per heavy atom. The van der Waals surface area contributed by atoms with E-state index < -0.39 is 11.6 Å². The van der Waals surface area contributed by atoms with E-state index in [-0.39, 0.29) is 11.7 Å². The Bertz CT molecular complexity index is 795. The molecule has 3 rings (SSSR count). The van der Waals surface area contributed by atoms with Gasteiger partial charge in [0.1, 0.15) is 11.3 Å². The van der Waals surface area contributed by atoms with E-state index in [1.54, 1.807) is 0 Å². The van der Waals surface area contributed by atoms with Crippen LogP contribution >= 0.6 is 0 Å². The fraction of sp³-hybridized carbons (Fsp3) is 0.176. The van der Waals surface area contributed by atoms with Crippen molar-refractivity contribution in [2.75, 3.05) is 5.32 Å². The fourth-order valence-corrected chi connectivity index (χ4v) is 2.52. The van der Waals surface area contributed by atoms with Crippen molar-refractivity contribution in [1.82, 2.24) is 0 Å². The monoisotopic (exact) mass is 287 g/mol. The molecule has 0 aliphatic rings. The average Bonchev–Trinajstić information content (AvgIpc) is 2.82. The van der Waals surface area contributed by atoms with Crippen LogP contribution in [0, 0.1) is 18.6 Å². The van der Waals surface area contributed by atoms with Crippen LogP contribution in [0.15, 0.2) is 46.9 Å². The molecule has 4 heteroatoms.